The number of carbonyl (C=O) groups excluding carboxylic acids is 1. The predicted octanol–water partition coefficient (Wildman–Crippen LogP) is 3.96. The molecule has 4 rings (SSSR count). The van der Waals surface area contributed by atoms with E-state index in [-0.39, 0.29) is 29.9 Å². The number of rotatable bonds is 10. The summed E-state index contributed by atoms with van der Waals surface area (Å²) in [6, 6.07) is 18.0. The zero-order chi connectivity index (χ0) is 24.8. The van der Waals surface area contributed by atoms with Gasteiger partial charge in [-0.2, -0.15) is 4.31 Å². The molecule has 1 amide bonds. The van der Waals surface area contributed by atoms with Gasteiger partial charge in [-0.1, -0.05) is 30.3 Å². The van der Waals surface area contributed by atoms with Gasteiger partial charge in [0.25, 0.3) is 0 Å². The third-order valence-electron chi connectivity index (χ3n) is 6.17. The Labute approximate surface area is 210 Å². The van der Waals surface area contributed by atoms with E-state index < -0.39 is 10.0 Å². The first kappa shape index (κ1) is 25.4. The highest BCUT2D eigenvalue weighted by atomic mass is 32.2. The zero-order valence-corrected chi connectivity index (χ0v) is 21.6. The van der Waals surface area contributed by atoms with Gasteiger partial charge in [0.1, 0.15) is 5.75 Å². The second-order valence-electron chi connectivity index (χ2n) is 8.31. The molecule has 0 saturated heterocycles. The van der Waals surface area contributed by atoms with Gasteiger partial charge in [-0.25, -0.2) is 8.42 Å². The Hall–Kier alpha value is -2.72. The van der Waals surface area contributed by atoms with E-state index in [4.69, 9.17) is 9.47 Å². The fourth-order valence-electron chi connectivity index (χ4n) is 4.39. The van der Waals surface area contributed by atoms with Crippen molar-refractivity contribution in [2.75, 3.05) is 40.5 Å². The molecule has 0 N–H and O–H groups in total. The van der Waals surface area contributed by atoms with Crippen LogP contribution < -0.4 is 4.74 Å². The lowest BCUT2D eigenvalue weighted by Crippen LogP contribution is -2.47. The number of carbonyl (C=O) groups is 1. The van der Waals surface area contributed by atoms with E-state index in [2.05, 4.69) is 11.4 Å². The molecule has 0 bridgehead atoms. The quantitative estimate of drug-likeness (QED) is 0.383. The first-order valence-corrected chi connectivity index (χ1v) is 13.8. The van der Waals surface area contributed by atoms with Crippen LogP contribution in [-0.2, 0) is 26.0 Å². The third-order valence-corrected chi connectivity index (χ3v) is 9.02. The number of fused-ring (bicyclic) bond motifs is 1. The maximum atomic E-state index is 13.7. The van der Waals surface area contributed by atoms with Crippen molar-refractivity contribution in [3.05, 3.63) is 82.0 Å². The summed E-state index contributed by atoms with van der Waals surface area (Å²) in [5, 5.41) is 2.06. The Morgan fingerprint density at radius 1 is 1.09 bits per heavy atom. The Morgan fingerprint density at radius 3 is 2.51 bits per heavy atom. The zero-order valence-electron chi connectivity index (χ0n) is 19.9. The van der Waals surface area contributed by atoms with Crippen LogP contribution in [0.3, 0.4) is 0 Å². The van der Waals surface area contributed by atoms with Gasteiger partial charge in [0.15, 0.2) is 0 Å². The summed E-state index contributed by atoms with van der Waals surface area (Å²) in [7, 11) is -0.794. The molecule has 0 spiro atoms. The number of methoxy groups -OCH3 is 2. The molecule has 1 atom stereocenters. The maximum Gasteiger partial charge on any atom is 0.243 e. The monoisotopic (exact) mass is 514 g/mol. The minimum Gasteiger partial charge on any atom is -0.497 e. The summed E-state index contributed by atoms with van der Waals surface area (Å²) in [6.07, 6.45) is 1.24. The van der Waals surface area contributed by atoms with Crippen molar-refractivity contribution >= 4 is 27.3 Å². The lowest BCUT2D eigenvalue weighted by atomic mass is 9.93. The lowest BCUT2D eigenvalue weighted by Gasteiger charge is -2.37. The van der Waals surface area contributed by atoms with Gasteiger partial charge >= 0.3 is 0 Å². The molecule has 3 aromatic rings. The van der Waals surface area contributed by atoms with Gasteiger partial charge in [-0.05, 0) is 59.7 Å². The van der Waals surface area contributed by atoms with E-state index >= 15 is 0 Å². The molecular formula is C26H30N2O5S2. The molecule has 0 saturated carbocycles. The molecule has 2 aromatic carbocycles. The second kappa shape index (κ2) is 11.3. The smallest absolute Gasteiger partial charge is 0.243 e. The summed E-state index contributed by atoms with van der Waals surface area (Å²) in [5.74, 6) is 0.349. The van der Waals surface area contributed by atoms with Gasteiger partial charge in [0, 0.05) is 31.7 Å². The molecule has 1 aliphatic heterocycles. The summed E-state index contributed by atoms with van der Waals surface area (Å²) >= 11 is 1.70. The van der Waals surface area contributed by atoms with Crippen molar-refractivity contribution in [1.82, 2.24) is 9.21 Å². The number of benzene rings is 2. The van der Waals surface area contributed by atoms with Crippen molar-refractivity contribution in [2.45, 2.75) is 23.8 Å². The van der Waals surface area contributed by atoms with Crippen LogP contribution in [0.5, 0.6) is 5.75 Å². The fourth-order valence-corrected chi connectivity index (χ4v) is 6.72. The van der Waals surface area contributed by atoms with Gasteiger partial charge in [0.2, 0.25) is 15.9 Å². The molecular weight excluding hydrogens is 484 g/mol. The molecule has 186 valence electrons. The highest BCUT2D eigenvalue weighted by molar-refractivity contribution is 7.89. The highest BCUT2D eigenvalue weighted by Crippen LogP contribution is 2.38. The third kappa shape index (κ3) is 5.59. The number of hydrogen-bond acceptors (Lipinski definition) is 6. The number of nitrogens with zero attached hydrogens (tertiary/aromatic N) is 2. The summed E-state index contributed by atoms with van der Waals surface area (Å²) in [5.41, 5.74) is 2.13. The molecule has 0 fully saturated rings. The molecule has 0 radical (unpaired) electrons. The standard InChI is InChI=1S/C26H30N2O5S2/c1-32-17-6-15-27(35(30,31)22-11-9-21(33-2)10-12-22)19-25(29)28-16-13-24-23(14-18-34-24)26(28)20-7-4-3-5-8-20/h3-5,7-12,14,18,26H,6,13,15-17,19H2,1-2H3. The normalized spacial score (nSPS) is 15.7. The van der Waals surface area contributed by atoms with Gasteiger partial charge < -0.3 is 14.4 Å². The van der Waals surface area contributed by atoms with Crippen molar-refractivity contribution in [2.24, 2.45) is 0 Å². The van der Waals surface area contributed by atoms with E-state index in [1.165, 1.54) is 28.4 Å². The average Bonchev–Trinajstić information content (AvgIpc) is 3.37. The van der Waals surface area contributed by atoms with Gasteiger partial charge in [0.05, 0.1) is 24.6 Å². The summed E-state index contributed by atoms with van der Waals surface area (Å²) in [4.78, 5) is 16.9. The van der Waals surface area contributed by atoms with Crippen LogP contribution >= 0.6 is 11.3 Å². The van der Waals surface area contributed by atoms with E-state index in [1.807, 2.05) is 35.2 Å². The van der Waals surface area contributed by atoms with Crippen LogP contribution in [0.4, 0.5) is 0 Å². The van der Waals surface area contributed by atoms with Crippen molar-refractivity contribution < 1.29 is 22.7 Å². The first-order valence-electron chi connectivity index (χ1n) is 11.5. The van der Waals surface area contributed by atoms with Gasteiger partial charge in [-0.15, -0.1) is 11.3 Å². The van der Waals surface area contributed by atoms with Crippen molar-refractivity contribution in [1.29, 1.82) is 0 Å². The van der Waals surface area contributed by atoms with Crippen molar-refractivity contribution in [3.8, 4) is 5.75 Å². The Bertz CT molecular complexity index is 1230. The minimum atomic E-state index is -3.90. The summed E-state index contributed by atoms with van der Waals surface area (Å²) < 4.78 is 38.6. The topological polar surface area (TPSA) is 76.2 Å². The van der Waals surface area contributed by atoms with Crippen LogP contribution in [0.2, 0.25) is 0 Å². The van der Waals surface area contributed by atoms with Crippen LogP contribution in [0.15, 0.2) is 70.9 Å². The van der Waals surface area contributed by atoms with Gasteiger partial charge in [-0.3, -0.25) is 4.79 Å². The Morgan fingerprint density at radius 2 is 1.83 bits per heavy atom. The number of sulfonamides is 1. The van der Waals surface area contributed by atoms with E-state index in [1.54, 1.807) is 30.6 Å². The van der Waals surface area contributed by atoms with E-state index in [9.17, 15) is 13.2 Å². The fraction of sp³-hybridized carbons (Fsp3) is 0.346. The average molecular weight is 515 g/mol. The van der Waals surface area contributed by atoms with Crippen LogP contribution in [0, 0.1) is 0 Å². The van der Waals surface area contributed by atoms with Crippen LogP contribution in [0.1, 0.15) is 28.5 Å². The second-order valence-corrected chi connectivity index (χ2v) is 11.2. The Balaban J connectivity index is 1.62. The van der Waals surface area contributed by atoms with Crippen LogP contribution in [0.25, 0.3) is 0 Å². The molecule has 9 heteroatoms. The van der Waals surface area contributed by atoms with E-state index in [0.717, 1.165) is 17.5 Å². The molecule has 2 heterocycles. The predicted molar refractivity (Wildman–Crippen MR) is 136 cm³/mol. The van der Waals surface area contributed by atoms with E-state index in [0.29, 0.717) is 25.3 Å². The first-order chi connectivity index (χ1) is 17.0. The minimum absolute atomic E-state index is 0.127. The molecule has 7 nitrogen and oxygen atoms in total. The SMILES string of the molecule is COCCCN(CC(=O)N1CCc2sccc2C1c1ccccc1)S(=O)(=O)c1ccc(OC)cc1. The molecule has 35 heavy (non-hydrogen) atoms. The largest absolute Gasteiger partial charge is 0.497 e. The highest BCUT2D eigenvalue weighted by Gasteiger charge is 2.35. The Kier molecular flexibility index (Phi) is 8.22. The lowest BCUT2D eigenvalue weighted by molar-refractivity contribution is -0.133. The maximum absolute atomic E-state index is 13.7. The molecule has 0 aliphatic carbocycles. The van der Waals surface area contributed by atoms with Crippen LogP contribution in [-0.4, -0.2) is 64.0 Å². The molecule has 1 aromatic heterocycles. The number of amides is 1. The molecule has 1 unspecified atom stereocenters. The molecule has 1 aliphatic rings. The number of hydrogen-bond donors (Lipinski definition) is 0. The number of ether oxygens (including phenoxy) is 2. The summed E-state index contributed by atoms with van der Waals surface area (Å²) in [6.45, 7) is 0.889. The number of thiophene rings is 1. The van der Waals surface area contributed by atoms with Crippen molar-refractivity contribution in [3.63, 3.8) is 0 Å².